The highest BCUT2D eigenvalue weighted by Crippen LogP contribution is 2.32. The predicted molar refractivity (Wildman–Crippen MR) is 136 cm³/mol. The molecule has 4 N–H and O–H groups in total. The Hall–Kier alpha value is -3.02. The van der Waals surface area contributed by atoms with Gasteiger partial charge in [-0.25, -0.2) is 9.97 Å². The summed E-state index contributed by atoms with van der Waals surface area (Å²) < 4.78 is 2.06. The van der Waals surface area contributed by atoms with E-state index in [1.165, 1.54) is 0 Å². The van der Waals surface area contributed by atoms with E-state index in [-0.39, 0.29) is 18.7 Å². The van der Waals surface area contributed by atoms with E-state index in [1.807, 2.05) is 25.3 Å². The molecule has 0 radical (unpaired) electrons. The van der Waals surface area contributed by atoms with Gasteiger partial charge in [0.2, 0.25) is 5.95 Å². The number of hydrogen-bond acceptors (Lipinski definition) is 10. The number of aliphatic hydroxyl groups excluding tert-OH is 1. The van der Waals surface area contributed by atoms with E-state index in [9.17, 15) is 10.2 Å². The van der Waals surface area contributed by atoms with E-state index in [1.54, 1.807) is 6.20 Å². The summed E-state index contributed by atoms with van der Waals surface area (Å²) in [5.41, 5.74) is 0.389. The number of fused-ring (bicyclic) bond motifs is 1. The van der Waals surface area contributed by atoms with E-state index < -0.39 is 5.60 Å². The van der Waals surface area contributed by atoms with E-state index in [4.69, 9.17) is 10.1 Å². The van der Waals surface area contributed by atoms with Crippen molar-refractivity contribution in [1.29, 1.82) is 0 Å². The molecule has 2 fully saturated rings. The van der Waals surface area contributed by atoms with Gasteiger partial charge in [0.05, 0.1) is 29.8 Å². The van der Waals surface area contributed by atoms with Crippen molar-refractivity contribution in [3.05, 3.63) is 24.5 Å². The van der Waals surface area contributed by atoms with E-state index >= 15 is 0 Å². The van der Waals surface area contributed by atoms with Crippen LogP contribution in [0.15, 0.2) is 24.5 Å². The van der Waals surface area contributed by atoms with Crippen molar-refractivity contribution in [1.82, 2.24) is 30.0 Å². The van der Waals surface area contributed by atoms with Gasteiger partial charge in [-0.15, -0.1) is 0 Å². The lowest BCUT2D eigenvalue weighted by Gasteiger charge is -2.35. The summed E-state index contributed by atoms with van der Waals surface area (Å²) in [5.74, 6) is 2.89. The number of nitrogens with one attached hydrogen (secondary N) is 2. The lowest BCUT2D eigenvalue weighted by Crippen LogP contribution is -2.43. The third-order valence-corrected chi connectivity index (χ3v) is 7.13. The molecule has 0 aliphatic carbocycles. The molecule has 0 saturated carbocycles. The van der Waals surface area contributed by atoms with Crippen LogP contribution in [0.3, 0.4) is 0 Å². The lowest BCUT2D eigenvalue weighted by molar-refractivity contribution is 0.0349. The Balaban J connectivity index is 1.41. The van der Waals surface area contributed by atoms with Crippen molar-refractivity contribution in [3.8, 4) is 0 Å². The molecule has 11 heteroatoms. The highest BCUT2D eigenvalue weighted by atomic mass is 16.3. The van der Waals surface area contributed by atoms with Gasteiger partial charge in [0.15, 0.2) is 5.82 Å². The number of anilines is 4. The first-order valence-corrected chi connectivity index (χ1v) is 12.4. The van der Waals surface area contributed by atoms with Crippen LogP contribution in [-0.2, 0) is 0 Å². The normalized spacial score (nSPS) is 21.0. The standard InChI is InChI=1S/C24H35N9O2/c1-4-16(2)33-19-11-21(26-12-18(19)22(30-33)32-13-17(14-34)27-15-32)28-20-5-8-25-23(29-20)31-9-6-24(3,35)7-10-31/h5,8,11-12,16-17,27,34-35H,4,6-7,9-10,13-15H2,1-3H3,(H,25,26,28,29). The summed E-state index contributed by atoms with van der Waals surface area (Å²) in [7, 11) is 0. The van der Waals surface area contributed by atoms with Crippen molar-refractivity contribution in [2.75, 3.05) is 48.0 Å². The molecule has 0 spiro atoms. The molecule has 3 aromatic heterocycles. The second-order valence-corrected chi connectivity index (χ2v) is 9.93. The minimum Gasteiger partial charge on any atom is -0.395 e. The van der Waals surface area contributed by atoms with Gasteiger partial charge in [0.25, 0.3) is 0 Å². The van der Waals surface area contributed by atoms with E-state index in [0.29, 0.717) is 43.6 Å². The predicted octanol–water partition coefficient (Wildman–Crippen LogP) is 2.02. The molecule has 2 saturated heterocycles. The van der Waals surface area contributed by atoms with E-state index in [0.717, 1.165) is 36.2 Å². The molecular formula is C24H35N9O2. The van der Waals surface area contributed by atoms with Crippen LogP contribution < -0.4 is 20.4 Å². The molecule has 0 aromatic carbocycles. The molecule has 5 rings (SSSR count). The first-order valence-electron chi connectivity index (χ1n) is 12.4. The average molecular weight is 482 g/mol. The number of hydrogen-bond donors (Lipinski definition) is 4. The number of piperidine rings is 1. The second kappa shape index (κ2) is 9.56. The van der Waals surface area contributed by atoms with Crippen molar-refractivity contribution in [2.24, 2.45) is 0 Å². The van der Waals surface area contributed by atoms with Gasteiger partial charge in [-0.05, 0) is 39.2 Å². The van der Waals surface area contributed by atoms with Crippen LogP contribution in [0.2, 0.25) is 0 Å². The Kier molecular flexibility index (Phi) is 6.47. The molecule has 2 aliphatic heterocycles. The zero-order chi connectivity index (χ0) is 24.6. The largest absolute Gasteiger partial charge is 0.395 e. The molecule has 188 valence electrons. The van der Waals surface area contributed by atoms with Crippen LogP contribution >= 0.6 is 0 Å². The zero-order valence-corrected chi connectivity index (χ0v) is 20.6. The fraction of sp³-hybridized carbons (Fsp3) is 0.583. The zero-order valence-electron chi connectivity index (χ0n) is 20.6. The SMILES string of the molecule is CCC(C)n1nc(N2CNC(CO)C2)c2cnc(Nc3ccnc(N4CCC(C)(O)CC4)n3)cc21. The molecule has 2 atom stereocenters. The summed E-state index contributed by atoms with van der Waals surface area (Å²) >= 11 is 0. The second-order valence-electron chi connectivity index (χ2n) is 9.93. The Bertz CT molecular complexity index is 1170. The summed E-state index contributed by atoms with van der Waals surface area (Å²) in [4.78, 5) is 18.1. The lowest BCUT2D eigenvalue weighted by atomic mass is 9.94. The minimum absolute atomic E-state index is 0.0469. The number of nitrogens with zero attached hydrogens (tertiary/aromatic N) is 7. The molecule has 3 aromatic rings. The third kappa shape index (κ3) is 4.89. The van der Waals surface area contributed by atoms with Crippen LogP contribution in [0.5, 0.6) is 0 Å². The smallest absolute Gasteiger partial charge is 0.227 e. The summed E-state index contributed by atoms with van der Waals surface area (Å²) in [6.07, 6.45) is 5.95. The van der Waals surface area contributed by atoms with Gasteiger partial charge in [0, 0.05) is 50.2 Å². The maximum absolute atomic E-state index is 10.2. The molecule has 5 heterocycles. The van der Waals surface area contributed by atoms with Crippen LogP contribution in [0.4, 0.5) is 23.4 Å². The number of aromatic nitrogens is 5. The molecule has 2 unspecified atom stereocenters. The van der Waals surface area contributed by atoms with Crippen molar-refractivity contribution >= 4 is 34.3 Å². The van der Waals surface area contributed by atoms with Crippen molar-refractivity contribution in [3.63, 3.8) is 0 Å². The van der Waals surface area contributed by atoms with Gasteiger partial charge in [-0.2, -0.15) is 10.1 Å². The Morgan fingerprint density at radius 1 is 1.23 bits per heavy atom. The monoisotopic (exact) mass is 481 g/mol. The summed E-state index contributed by atoms with van der Waals surface area (Å²) in [6.45, 7) is 9.09. The number of aliphatic hydroxyl groups is 2. The molecule has 2 aliphatic rings. The Morgan fingerprint density at radius 3 is 2.74 bits per heavy atom. The van der Waals surface area contributed by atoms with Crippen molar-refractivity contribution < 1.29 is 10.2 Å². The highest BCUT2D eigenvalue weighted by molar-refractivity contribution is 5.92. The molecule has 0 bridgehead atoms. The minimum atomic E-state index is -0.618. The van der Waals surface area contributed by atoms with Crippen LogP contribution in [0.25, 0.3) is 10.9 Å². The van der Waals surface area contributed by atoms with Crippen LogP contribution in [0, 0.1) is 0 Å². The topological polar surface area (TPSA) is 127 Å². The van der Waals surface area contributed by atoms with Crippen LogP contribution in [-0.4, -0.2) is 79.5 Å². The third-order valence-electron chi connectivity index (χ3n) is 7.13. The van der Waals surface area contributed by atoms with Gasteiger partial charge >= 0.3 is 0 Å². The fourth-order valence-corrected chi connectivity index (χ4v) is 4.64. The number of rotatable bonds is 7. The first-order chi connectivity index (χ1) is 16.9. The maximum atomic E-state index is 10.2. The molecule has 0 amide bonds. The fourth-order valence-electron chi connectivity index (χ4n) is 4.64. The van der Waals surface area contributed by atoms with E-state index in [2.05, 4.69) is 48.9 Å². The van der Waals surface area contributed by atoms with Crippen molar-refractivity contribution in [2.45, 2.75) is 57.7 Å². The van der Waals surface area contributed by atoms with Crippen LogP contribution in [0.1, 0.15) is 46.1 Å². The summed E-state index contributed by atoms with van der Waals surface area (Å²) in [5, 5.41) is 32.3. The summed E-state index contributed by atoms with van der Waals surface area (Å²) in [6, 6.07) is 4.13. The average Bonchev–Trinajstić information content (AvgIpc) is 3.48. The quantitative estimate of drug-likeness (QED) is 0.398. The highest BCUT2D eigenvalue weighted by Gasteiger charge is 2.29. The van der Waals surface area contributed by atoms with Gasteiger partial charge < -0.3 is 25.3 Å². The molecular weight excluding hydrogens is 446 g/mol. The molecule has 11 nitrogen and oxygen atoms in total. The maximum Gasteiger partial charge on any atom is 0.227 e. The number of pyridine rings is 1. The first kappa shape index (κ1) is 23.7. The Morgan fingerprint density at radius 2 is 2.03 bits per heavy atom. The van der Waals surface area contributed by atoms with Gasteiger partial charge in [0.1, 0.15) is 11.6 Å². The Labute approximate surface area is 205 Å². The van der Waals surface area contributed by atoms with Gasteiger partial charge in [-0.1, -0.05) is 6.92 Å². The molecule has 35 heavy (non-hydrogen) atoms. The van der Waals surface area contributed by atoms with Gasteiger partial charge in [-0.3, -0.25) is 10.00 Å².